The van der Waals surface area contributed by atoms with Crippen molar-refractivity contribution in [3.8, 4) is 34.3 Å². The summed E-state index contributed by atoms with van der Waals surface area (Å²) in [5, 5.41) is 6.77. The van der Waals surface area contributed by atoms with E-state index in [1.165, 1.54) is 11.3 Å². The number of hydrogen-bond acceptors (Lipinski definition) is 7. The van der Waals surface area contributed by atoms with Gasteiger partial charge in [0.25, 0.3) is 0 Å². The lowest BCUT2D eigenvalue weighted by molar-refractivity contribution is 0.395. The lowest BCUT2D eigenvalue weighted by atomic mass is 10.1. The lowest BCUT2D eigenvalue weighted by Crippen LogP contribution is -2.14. The molecule has 7 nitrogen and oxygen atoms in total. The monoisotopic (exact) mass is 441 g/mol. The van der Waals surface area contributed by atoms with Crippen LogP contribution in [-0.4, -0.2) is 45.4 Å². The first-order valence-corrected chi connectivity index (χ1v) is 10.6. The molecule has 2 aromatic carbocycles. The smallest absolute Gasteiger partial charge is 0.206 e. The molecule has 31 heavy (non-hydrogen) atoms. The van der Waals surface area contributed by atoms with Gasteiger partial charge >= 0.3 is 0 Å². The molecule has 1 aromatic heterocycles. The van der Waals surface area contributed by atoms with E-state index in [4.69, 9.17) is 29.0 Å². The SMILES string of the molecule is COc1ccc(OC)c(C=Nn2c(-c3ccc(OC)cc3OC)csc2=NC(C)C)c1. The van der Waals surface area contributed by atoms with Gasteiger partial charge in [-0.05, 0) is 44.2 Å². The second kappa shape index (κ2) is 10.2. The van der Waals surface area contributed by atoms with E-state index in [0.29, 0.717) is 11.5 Å². The first kappa shape index (κ1) is 22.4. The number of benzene rings is 2. The van der Waals surface area contributed by atoms with E-state index < -0.39 is 0 Å². The molecule has 0 N–H and O–H groups in total. The molecule has 0 aliphatic heterocycles. The van der Waals surface area contributed by atoms with Gasteiger partial charge in [-0.3, -0.25) is 4.99 Å². The average molecular weight is 442 g/mol. The van der Waals surface area contributed by atoms with Gasteiger partial charge in [-0.25, -0.2) is 4.68 Å². The fourth-order valence-corrected chi connectivity index (χ4v) is 3.94. The minimum absolute atomic E-state index is 0.122. The third kappa shape index (κ3) is 5.08. The molecule has 3 rings (SSSR count). The number of aromatic nitrogens is 1. The Hall–Kier alpha value is -3.26. The summed E-state index contributed by atoms with van der Waals surface area (Å²) in [6.07, 6.45) is 1.74. The Morgan fingerprint density at radius 1 is 0.871 bits per heavy atom. The second-order valence-electron chi connectivity index (χ2n) is 6.86. The van der Waals surface area contributed by atoms with Gasteiger partial charge in [-0.2, -0.15) is 5.10 Å². The molecule has 0 atom stereocenters. The van der Waals surface area contributed by atoms with Gasteiger partial charge in [-0.15, -0.1) is 11.3 Å². The predicted molar refractivity (Wildman–Crippen MR) is 124 cm³/mol. The summed E-state index contributed by atoms with van der Waals surface area (Å²) in [7, 11) is 6.53. The summed E-state index contributed by atoms with van der Waals surface area (Å²) in [5.74, 6) is 2.84. The van der Waals surface area contributed by atoms with E-state index in [9.17, 15) is 0 Å². The Morgan fingerprint density at radius 2 is 1.55 bits per heavy atom. The molecule has 0 fully saturated rings. The molecule has 0 aliphatic carbocycles. The van der Waals surface area contributed by atoms with E-state index in [1.807, 2.05) is 60.3 Å². The molecule has 164 valence electrons. The van der Waals surface area contributed by atoms with Crippen molar-refractivity contribution in [1.29, 1.82) is 0 Å². The first-order chi connectivity index (χ1) is 15.0. The summed E-state index contributed by atoms with van der Waals surface area (Å²) in [5.41, 5.74) is 2.55. The number of hydrogen-bond donors (Lipinski definition) is 0. The fraction of sp³-hybridized carbons (Fsp3) is 0.304. The van der Waals surface area contributed by atoms with Crippen LogP contribution in [0.25, 0.3) is 11.3 Å². The molecule has 0 saturated heterocycles. The highest BCUT2D eigenvalue weighted by molar-refractivity contribution is 7.07. The molecule has 0 saturated carbocycles. The van der Waals surface area contributed by atoms with Crippen molar-refractivity contribution in [2.45, 2.75) is 19.9 Å². The van der Waals surface area contributed by atoms with Crippen molar-refractivity contribution in [2.75, 3.05) is 28.4 Å². The number of methoxy groups -OCH3 is 4. The Balaban J connectivity index is 2.17. The van der Waals surface area contributed by atoms with Gasteiger partial charge in [0.05, 0.1) is 40.3 Å². The minimum atomic E-state index is 0.122. The number of thiazole rings is 1. The number of nitrogens with zero attached hydrogens (tertiary/aromatic N) is 3. The highest BCUT2D eigenvalue weighted by Gasteiger charge is 2.14. The zero-order chi connectivity index (χ0) is 22.4. The molecule has 0 aliphatic rings. The third-order valence-corrected chi connectivity index (χ3v) is 5.32. The van der Waals surface area contributed by atoms with Crippen molar-refractivity contribution in [2.24, 2.45) is 10.1 Å². The summed E-state index contributed by atoms with van der Waals surface area (Å²) in [6.45, 7) is 4.07. The lowest BCUT2D eigenvalue weighted by Gasteiger charge is -2.11. The topological polar surface area (TPSA) is 66.6 Å². The van der Waals surface area contributed by atoms with Crippen LogP contribution in [0.4, 0.5) is 0 Å². The number of rotatable bonds is 8. The summed E-state index contributed by atoms with van der Waals surface area (Å²) in [4.78, 5) is 5.51. The highest BCUT2D eigenvalue weighted by atomic mass is 32.1. The van der Waals surface area contributed by atoms with E-state index >= 15 is 0 Å². The molecule has 8 heteroatoms. The van der Waals surface area contributed by atoms with Gasteiger partial charge < -0.3 is 18.9 Å². The maximum absolute atomic E-state index is 5.61. The van der Waals surface area contributed by atoms with Crippen LogP contribution in [0.1, 0.15) is 19.4 Å². The predicted octanol–water partition coefficient (Wildman–Crippen LogP) is 4.44. The average Bonchev–Trinajstić information content (AvgIpc) is 3.18. The van der Waals surface area contributed by atoms with Gasteiger partial charge in [-0.1, -0.05) is 0 Å². The second-order valence-corrected chi connectivity index (χ2v) is 7.69. The first-order valence-electron chi connectivity index (χ1n) is 9.73. The van der Waals surface area contributed by atoms with E-state index in [0.717, 1.165) is 33.1 Å². The van der Waals surface area contributed by atoms with Crippen LogP contribution in [0.2, 0.25) is 0 Å². The Morgan fingerprint density at radius 3 is 2.19 bits per heavy atom. The normalized spacial score (nSPS) is 11.9. The van der Waals surface area contributed by atoms with Crippen LogP contribution < -0.4 is 23.7 Å². The molecular weight excluding hydrogens is 414 g/mol. The van der Waals surface area contributed by atoms with Crippen LogP contribution in [0.3, 0.4) is 0 Å². The van der Waals surface area contributed by atoms with Gasteiger partial charge in [0, 0.05) is 28.6 Å². The maximum Gasteiger partial charge on any atom is 0.206 e. The van der Waals surface area contributed by atoms with Gasteiger partial charge in [0.2, 0.25) is 4.80 Å². The van der Waals surface area contributed by atoms with Crippen molar-refractivity contribution in [1.82, 2.24) is 4.68 Å². The minimum Gasteiger partial charge on any atom is -0.497 e. The van der Waals surface area contributed by atoms with E-state index in [1.54, 1.807) is 34.7 Å². The molecule has 0 unspecified atom stereocenters. The maximum atomic E-state index is 5.61. The van der Waals surface area contributed by atoms with Gasteiger partial charge in [0.15, 0.2) is 0 Å². The summed E-state index contributed by atoms with van der Waals surface area (Å²) < 4.78 is 23.6. The molecule has 0 amide bonds. The van der Waals surface area contributed by atoms with Crippen LogP contribution in [0.5, 0.6) is 23.0 Å². The Bertz CT molecular complexity index is 1130. The van der Waals surface area contributed by atoms with Gasteiger partial charge in [0.1, 0.15) is 23.0 Å². The van der Waals surface area contributed by atoms with Crippen molar-refractivity contribution >= 4 is 17.6 Å². The summed E-state index contributed by atoms with van der Waals surface area (Å²) >= 11 is 1.52. The Kier molecular flexibility index (Phi) is 7.36. The highest BCUT2D eigenvalue weighted by Crippen LogP contribution is 2.33. The van der Waals surface area contributed by atoms with Crippen LogP contribution in [0.15, 0.2) is 51.9 Å². The molecular formula is C23H27N3O4S. The molecule has 0 bridgehead atoms. The third-order valence-electron chi connectivity index (χ3n) is 4.49. The zero-order valence-electron chi connectivity index (χ0n) is 18.6. The summed E-state index contributed by atoms with van der Waals surface area (Å²) in [6, 6.07) is 11.4. The fourth-order valence-electron chi connectivity index (χ4n) is 2.98. The van der Waals surface area contributed by atoms with E-state index in [-0.39, 0.29) is 6.04 Å². The van der Waals surface area contributed by atoms with Crippen molar-refractivity contribution in [3.63, 3.8) is 0 Å². The van der Waals surface area contributed by atoms with Crippen LogP contribution in [-0.2, 0) is 0 Å². The van der Waals surface area contributed by atoms with Crippen molar-refractivity contribution in [3.05, 3.63) is 52.1 Å². The largest absolute Gasteiger partial charge is 0.497 e. The Labute approximate surface area is 186 Å². The van der Waals surface area contributed by atoms with Crippen LogP contribution in [0, 0.1) is 0 Å². The quantitative estimate of drug-likeness (QED) is 0.485. The zero-order valence-corrected chi connectivity index (χ0v) is 19.4. The molecule has 0 spiro atoms. The molecule has 0 radical (unpaired) electrons. The van der Waals surface area contributed by atoms with Crippen LogP contribution >= 0.6 is 11.3 Å². The van der Waals surface area contributed by atoms with Crippen molar-refractivity contribution < 1.29 is 18.9 Å². The molecule has 1 heterocycles. The number of ether oxygens (including phenoxy) is 4. The molecule has 3 aromatic rings. The van der Waals surface area contributed by atoms with E-state index in [2.05, 4.69) is 0 Å². The standard InChI is InChI=1S/C23H27N3O4S/c1-15(2)25-23-26(24-13-16-11-17(27-3)8-10-21(16)29-5)20(14-31-23)19-9-7-18(28-4)12-22(19)30-6/h7-15H,1-6H3.